The molecule has 0 fully saturated rings. The quantitative estimate of drug-likeness (QED) is 0.620. The van der Waals surface area contributed by atoms with E-state index in [-0.39, 0.29) is 10.6 Å². The van der Waals surface area contributed by atoms with Gasteiger partial charge in [0, 0.05) is 5.75 Å². The third-order valence-corrected chi connectivity index (χ3v) is 2.43. The second-order valence-electron chi connectivity index (χ2n) is 2.60. The molecular weight excluding hydrogens is 150 g/mol. The zero-order valence-corrected chi connectivity index (χ0v) is 6.73. The maximum atomic E-state index is 10.3. The Kier molecular flexibility index (Phi) is 1.72. The van der Waals surface area contributed by atoms with Gasteiger partial charge in [0.1, 0.15) is 10.6 Å². The van der Waals surface area contributed by atoms with Gasteiger partial charge < -0.3 is 5.11 Å². The highest BCUT2D eigenvalue weighted by Gasteiger charge is 2.28. The number of rotatable bonds is 1. The van der Waals surface area contributed by atoms with E-state index in [1.165, 1.54) is 0 Å². The van der Waals surface area contributed by atoms with Gasteiger partial charge in [-0.2, -0.15) is 0 Å². The first kappa shape index (κ1) is 7.60. The molecule has 10 heavy (non-hydrogen) atoms. The maximum Gasteiger partial charge on any atom is 0.350 e. The smallest absolute Gasteiger partial charge is 0.350 e. The molecule has 56 valence electrons. The molecule has 0 aromatic rings. The fourth-order valence-corrected chi connectivity index (χ4v) is 1.60. The minimum Gasteiger partial charge on any atom is -0.477 e. The molecule has 1 rings (SSSR count). The summed E-state index contributed by atoms with van der Waals surface area (Å²) in [6.45, 7) is 3.82. The summed E-state index contributed by atoms with van der Waals surface area (Å²) < 4.78 is 0. The third kappa shape index (κ3) is 1.50. The SMILES string of the molecule is CC1(C)N=C(C(=O)O)CS1. The van der Waals surface area contributed by atoms with Crippen LogP contribution < -0.4 is 0 Å². The van der Waals surface area contributed by atoms with Crippen LogP contribution in [-0.2, 0) is 4.79 Å². The summed E-state index contributed by atoms with van der Waals surface area (Å²) in [7, 11) is 0. The van der Waals surface area contributed by atoms with Gasteiger partial charge in [0.2, 0.25) is 0 Å². The van der Waals surface area contributed by atoms with E-state index in [4.69, 9.17) is 5.11 Å². The Morgan fingerprint density at radius 1 is 1.80 bits per heavy atom. The number of aliphatic imine (C=N–C) groups is 1. The Balaban J connectivity index is 2.76. The van der Waals surface area contributed by atoms with Crippen LogP contribution >= 0.6 is 11.8 Å². The molecule has 1 aliphatic rings. The highest BCUT2D eigenvalue weighted by molar-refractivity contribution is 8.01. The molecule has 0 aromatic carbocycles. The summed E-state index contributed by atoms with van der Waals surface area (Å²) in [5.74, 6) is -0.361. The predicted molar refractivity (Wildman–Crippen MR) is 41.6 cm³/mol. The number of hydrogen-bond acceptors (Lipinski definition) is 3. The molecule has 0 atom stereocenters. The van der Waals surface area contributed by atoms with Crippen LogP contribution in [0, 0.1) is 0 Å². The number of hydrogen-bond donors (Lipinski definition) is 1. The minimum atomic E-state index is -0.891. The third-order valence-electron chi connectivity index (χ3n) is 1.21. The van der Waals surface area contributed by atoms with E-state index in [0.29, 0.717) is 5.75 Å². The number of thioether (sulfide) groups is 1. The predicted octanol–water partition coefficient (Wildman–Crippen LogP) is 0.995. The molecule has 0 amide bonds. The second kappa shape index (κ2) is 2.27. The molecule has 0 spiro atoms. The molecule has 0 saturated heterocycles. The minimum absolute atomic E-state index is 0.228. The van der Waals surface area contributed by atoms with Crippen LogP contribution in [-0.4, -0.2) is 27.4 Å². The van der Waals surface area contributed by atoms with Crippen LogP contribution in [0.15, 0.2) is 4.99 Å². The average molecular weight is 159 g/mol. The Morgan fingerprint density at radius 2 is 2.40 bits per heavy atom. The van der Waals surface area contributed by atoms with Gasteiger partial charge in [-0.15, -0.1) is 11.8 Å². The van der Waals surface area contributed by atoms with E-state index in [0.717, 1.165) is 0 Å². The Hall–Kier alpha value is -0.510. The molecule has 4 heteroatoms. The summed E-state index contributed by atoms with van der Waals surface area (Å²) in [5, 5.41) is 8.50. The van der Waals surface area contributed by atoms with Gasteiger partial charge in [0.15, 0.2) is 0 Å². The molecule has 0 bridgehead atoms. The highest BCUT2D eigenvalue weighted by Crippen LogP contribution is 2.31. The van der Waals surface area contributed by atoms with Crippen molar-refractivity contribution >= 4 is 23.4 Å². The summed E-state index contributed by atoms with van der Waals surface area (Å²) in [6, 6.07) is 0. The van der Waals surface area contributed by atoms with Crippen molar-refractivity contribution in [2.45, 2.75) is 18.7 Å². The highest BCUT2D eigenvalue weighted by atomic mass is 32.2. The van der Waals surface area contributed by atoms with E-state index < -0.39 is 5.97 Å². The fourth-order valence-electron chi connectivity index (χ4n) is 0.744. The van der Waals surface area contributed by atoms with Crippen molar-refractivity contribution in [2.24, 2.45) is 4.99 Å². The summed E-state index contributed by atoms with van der Waals surface area (Å²) in [6.07, 6.45) is 0. The number of carbonyl (C=O) groups is 1. The lowest BCUT2D eigenvalue weighted by atomic mass is 10.3. The van der Waals surface area contributed by atoms with Crippen molar-refractivity contribution in [2.75, 3.05) is 5.75 Å². The van der Waals surface area contributed by atoms with Gasteiger partial charge in [-0.3, -0.25) is 4.99 Å². The largest absolute Gasteiger partial charge is 0.477 e. The molecule has 0 unspecified atom stereocenters. The van der Waals surface area contributed by atoms with Crippen LogP contribution in [0.4, 0.5) is 0 Å². The van der Waals surface area contributed by atoms with Crippen LogP contribution in [0.2, 0.25) is 0 Å². The van der Waals surface area contributed by atoms with Crippen molar-refractivity contribution < 1.29 is 9.90 Å². The van der Waals surface area contributed by atoms with Crippen molar-refractivity contribution in [3.63, 3.8) is 0 Å². The van der Waals surface area contributed by atoms with Crippen molar-refractivity contribution in [1.29, 1.82) is 0 Å². The average Bonchev–Trinajstić information content (AvgIpc) is 2.10. The normalized spacial score (nSPS) is 22.4. The lowest BCUT2D eigenvalue weighted by Crippen LogP contribution is -2.12. The molecule has 0 aromatic heterocycles. The Morgan fingerprint density at radius 3 is 2.60 bits per heavy atom. The van der Waals surface area contributed by atoms with Gasteiger partial charge in [-0.05, 0) is 13.8 Å². The van der Waals surface area contributed by atoms with E-state index in [2.05, 4.69) is 4.99 Å². The second-order valence-corrected chi connectivity index (χ2v) is 4.18. The number of carboxylic acids is 1. The van der Waals surface area contributed by atoms with Crippen LogP contribution in [0.3, 0.4) is 0 Å². The molecule has 1 aliphatic heterocycles. The molecule has 1 N–H and O–H groups in total. The molecule has 0 aliphatic carbocycles. The van der Waals surface area contributed by atoms with Crippen LogP contribution in [0.1, 0.15) is 13.8 Å². The first-order valence-corrected chi connectivity index (χ1v) is 3.96. The maximum absolute atomic E-state index is 10.3. The van der Waals surface area contributed by atoms with Gasteiger partial charge in [-0.25, -0.2) is 4.79 Å². The number of carboxylic acid groups (broad SMARTS) is 1. The monoisotopic (exact) mass is 159 g/mol. The zero-order chi connectivity index (χ0) is 7.78. The van der Waals surface area contributed by atoms with Gasteiger partial charge in [0.05, 0.1) is 0 Å². The lowest BCUT2D eigenvalue weighted by Gasteiger charge is -2.09. The van der Waals surface area contributed by atoms with Gasteiger partial charge >= 0.3 is 5.97 Å². The van der Waals surface area contributed by atoms with Crippen molar-refractivity contribution in [3.05, 3.63) is 0 Å². The zero-order valence-electron chi connectivity index (χ0n) is 5.92. The summed E-state index contributed by atoms with van der Waals surface area (Å²) in [5.41, 5.74) is 0.287. The molecular formula is C6H9NO2S. The summed E-state index contributed by atoms with van der Waals surface area (Å²) >= 11 is 1.55. The van der Waals surface area contributed by atoms with Crippen molar-refractivity contribution in [1.82, 2.24) is 0 Å². The van der Waals surface area contributed by atoms with Crippen LogP contribution in [0.25, 0.3) is 0 Å². The van der Waals surface area contributed by atoms with E-state index in [1.54, 1.807) is 11.8 Å². The first-order chi connectivity index (χ1) is 4.51. The van der Waals surface area contributed by atoms with E-state index in [9.17, 15) is 4.79 Å². The number of nitrogens with zero attached hydrogens (tertiary/aromatic N) is 1. The van der Waals surface area contributed by atoms with Gasteiger partial charge in [0.25, 0.3) is 0 Å². The van der Waals surface area contributed by atoms with E-state index >= 15 is 0 Å². The lowest BCUT2D eigenvalue weighted by molar-refractivity contribution is -0.129. The Labute approximate surface area is 63.5 Å². The van der Waals surface area contributed by atoms with Crippen molar-refractivity contribution in [3.8, 4) is 0 Å². The fraction of sp³-hybridized carbons (Fsp3) is 0.667. The standard InChI is InChI=1S/C6H9NO2S/c1-6(2)7-4(3-10-6)5(8)9/h3H2,1-2H3,(H,8,9). The number of aliphatic carboxylic acids is 1. The van der Waals surface area contributed by atoms with E-state index in [1.807, 2.05) is 13.8 Å². The Bertz CT molecular complexity index is 198. The topological polar surface area (TPSA) is 49.7 Å². The van der Waals surface area contributed by atoms with Gasteiger partial charge in [-0.1, -0.05) is 0 Å². The molecule has 0 saturated carbocycles. The first-order valence-electron chi connectivity index (χ1n) is 2.97. The van der Waals surface area contributed by atoms with Crippen LogP contribution in [0.5, 0.6) is 0 Å². The molecule has 1 heterocycles. The molecule has 3 nitrogen and oxygen atoms in total. The summed E-state index contributed by atoms with van der Waals surface area (Å²) in [4.78, 5) is 14.1. The molecule has 0 radical (unpaired) electrons.